The van der Waals surface area contributed by atoms with Crippen LogP contribution in [0.1, 0.15) is 92.4 Å². The Bertz CT molecular complexity index is 739. The minimum atomic E-state index is -0.136. The van der Waals surface area contributed by atoms with Gasteiger partial charge in [0.2, 0.25) is 0 Å². The van der Waals surface area contributed by atoms with Gasteiger partial charge in [0.15, 0.2) is 0 Å². The minimum absolute atomic E-state index is 0.136. The molecule has 0 aromatic rings. The molecular weight excluding hydrogens is 408 g/mol. The molecule has 0 saturated heterocycles. The Morgan fingerprint density at radius 3 is 2.61 bits per heavy atom. The Balaban J connectivity index is 1.40. The van der Waals surface area contributed by atoms with Gasteiger partial charge in [0.25, 0.3) is 0 Å². The predicted octanol–water partition coefficient (Wildman–Crippen LogP) is 7.56. The topological polar surface area (TPSA) is 27.7 Å². The van der Waals surface area contributed by atoms with Crippen molar-refractivity contribution in [3.05, 3.63) is 23.8 Å². The van der Waals surface area contributed by atoms with E-state index in [1.54, 1.807) is 12.7 Å². The summed E-state index contributed by atoms with van der Waals surface area (Å²) in [5.41, 5.74) is 2.38. The summed E-state index contributed by atoms with van der Waals surface area (Å²) in [7, 11) is 3.63. The van der Waals surface area contributed by atoms with Gasteiger partial charge < -0.3 is 14.2 Å². The number of methoxy groups -OCH3 is 2. The molecule has 3 nitrogen and oxygen atoms in total. The zero-order chi connectivity index (χ0) is 23.9. The molecule has 4 rings (SSSR count). The molecule has 0 aromatic heterocycles. The summed E-state index contributed by atoms with van der Waals surface area (Å²) in [5.74, 6) is 3.72. The average molecular weight is 459 g/mol. The quantitative estimate of drug-likeness (QED) is 0.236. The van der Waals surface area contributed by atoms with Crippen LogP contribution in [-0.2, 0) is 14.2 Å². The van der Waals surface area contributed by atoms with Crippen LogP contribution in [0.25, 0.3) is 0 Å². The van der Waals surface area contributed by atoms with E-state index in [0.717, 1.165) is 23.7 Å². The lowest BCUT2D eigenvalue weighted by Gasteiger charge is -2.45. The molecule has 0 radical (unpaired) electrons. The van der Waals surface area contributed by atoms with E-state index in [2.05, 4.69) is 52.8 Å². The van der Waals surface area contributed by atoms with Gasteiger partial charge >= 0.3 is 0 Å². The molecule has 3 heteroatoms. The van der Waals surface area contributed by atoms with Gasteiger partial charge in [-0.2, -0.15) is 0 Å². The molecule has 4 aliphatic carbocycles. The Morgan fingerprint density at radius 1 is 1.18 bits per heavy atom. The smallest absolute Gasteiger partial charge is 0.147 e. The first kappa shape index (κ1) is 25.5. The summed E-state index contributed by atoms with van der Waals surface area (Å²) >= 11 is 0. The molecule has 0 amide bonds. The molecule has 0 N–H and O–H groups in total. The molecule has 0 unspecified atom stereocenters. The molecule has 4 aliphatic rings. The number of ether oxygens (including phenoxy) is 3. The van der Waals surface area contributed by atoms with Crippen LogP contribution in [0.15, 0.2) is 23.8 Å². The third kappa shape index (κ3) is 4.76. The van der Waals surface area contributed by atoms with Gasteiger partial charge in [0.05, 0.1) is 11.7 Å². The first-order chi connectivity index (χ1) is 15.7. The molecule has 0 aliphatic heterocycles. The van der Waals surface area contributed by atoms with E-state index in [-0.39, 0.29) is 11.7 Å². The van der Waals surface area contributed by atoms with Gasteiger partial charge in [-0.15, -0.1) is 0 Å². The largest absolute Gasteiger partial charge is 0.376 e. The lowest BCUT2D eigenvalue weighted by atomic mass is 9.60. The van der Waals surface area contributed by atoms with Crippen LogP contribution >= 0.6 is 0 Å². The SMILES string of the molecule is COCOC(C)(C)[C@@H](C)CC[C@@H](C)[C@H]1CC[C@H]2/C(=C/[C@@H](OC)[C@]34C=CC[C@@H]3C4)CCC[C@]12C. The summed E-state index contributed by atoms with van der Waals surface area (Å²) in [6.45, 7) is 12.3. The second-order valence-electron chi connectivity index (χ2n) is 12.8. The fraction of sp³-hybridized carbons (Fsp3) is 0.867. The number of hydrogen-bond acceptors (Lipinski definition) is 3. The maximum Gasteiger partial charge on any atom is 0.147 e. The van der Waals surface area contributed by atoms with Crippen molar-refractivity contribution in [2.45, 2.75) is 104 Å². The first-order valence-electron chi connectivity index (χ1n) is 13.7. The van der Waals surface area contributed by atoms with E-state index in [9.17, 15) is 0 Å². The second-order valence-corrected chi connectivity index (χ2v) is 12.8. The van der Waals surface area contributed by atoms with Gasteiger partial charge in [0.1, 0.15) is 6.79 Å². The molecule has 3 fully saturated rings. The van der Waals surface area contributed by atoms with Crippen molar-refractivity contribution in [1.29, 1.82) is 0 Å². The van der Waals surface area contributed by atoms with Crippen LogP contribution in [0.4, 0.5) is 0 Å². The molecule has 8 atom stereocenters. The fourth-order valence-electron chi connectivity index (χ4n) is 8.04. The van der Waals surface area contributed by atoms with Gasteiger partial charge in [0, 0.05) is 19.6 Å². The minimum Gasteiger partial charge on any atom is -0.376 e. The molecule has 3 saturated carbocycles. The highest BCUT2D eigenvalue weighted by molar-refractivity contribution is 5.31. The molecule has 0 aromatic carbocycles. The Labute approximate surface area is 203 Å². The van der Waals surface area contributed by atoms with Crippen molar-refractivity contribution in [1.82, 2.24) is 0 Å². The first-order valence-corrected chi connectivity index (χ1v) is 13.7. The molecule has 33 heavy (non-hydrogen) atoms. The Hall–Kier alpha value is -0.640. The van der Waals surface area contributed by atoms with E-state index in [0.29, 0.717) is 23.5 Å². The van der Waals surface area contributed by atoms with E-state index in [4.69, 9.17) is 14.2 Å². The Kier molecular flexibility index (Phi) is 7.54. The lowest BCUT2D eigenvalue weighted by Crippen LogP contribution is -2.37. The summed E-state index contributed by atoms with van der Waals surface area (Å²) < 4.78 is 17.2. The van der Waals surface area contributed by atoms with Crippen LogP contribution in [0.3, 0.4) is 0 Å². The molecule has 0 bridgehead atoms. The Morgan fingerprint density at radius 2 is 1.97 bits per heavy atom. The summed E-state index contributed by atoms with van der Waals surface area (Å²) in [6.07, 6.45) is 19.6. The zero-order valence-electron chi connectivity index (χ0n) is 22.5. The lowest BCUT2D eigenvalue weighted by molar-refractivity contribution is -0.137. The van der Waals surface area contributed by atoms with Gasteiger partial charge in [-0.25, -0.2) is 0 Å². The predicted molar refractivity (Wildman–Crippen MR) is 136 cm³/mol. The van der Waals surface area contributed by atoms with Crippen molar-refractivity contribution < 1.29 is 14.2 Å². The van der Waals surface area contributed by atoms with Crippen molar-refractivity contribution in [2.24, 2.45) is 40.4 Å². The van der Waals surface area contributed by atoms with Crippen molar-refractivity contribution in [2.75, 3.05) is 21.0 Å². The average Bonchev–Trinajstić information content (AvgIpc) is 3.14. The van der Waals surface area contributed by atoms with Crippen LogP contribution in [-0.4, -0.2) is 32.7 Å². The van der Waals surface area contributed by atoms with Crippen molar-refractivity contribution in [3.8, 4) is 0 Å². The van der Waals surface area contributed by atoms with Crippen LogP contribution in [0.2, 0.25) is 0 Å². The molecule has 188 valence electrons. The number of fused-ring (bicyclic) bond motifs is 2. The number of hydrogen-bond donors (Lipinski definition) is 0. The summed E-state index contributed by atoms with van der Waals surface area (Å²) in [5, 5.41) is 0. The summed E-state index contributed by atoms with van der Waals surface area (Å²) in [4.78, 5) is 0. The number of allylic oxidation sites excluding steroid dienone is 2. The third-order valence-electron chi connectivity index (χ3n) is 10.7. The maximum atomic E-state index is 6.11. The zero-order valence-corrected chi connectivity index (χ0v) is 22.5. The molecule has 0 heterocycles. The summed E-state index contributed by atoms with van der Waals surface area (Å²) in [6, 6.07) is 0. The van der Waals surface area contributed by atoms with E-state index < -0.39 is 0 Å². The highest BCUT2D eigenvalue weighted by atomic mass is 16.7. The molecular formula is C30H50O3. The third-order valence-corrected chi connectivity index (χ3v) is 10.7. The molecule has 0 spiro atoms. The van der Waals surface area contributed by atoms with E-state index in [1.165, 1.54) is 57.8 Å². The van der Waals surface area contributed by atoms with Gasteiger partial charge in [-0.05, 0) is 100 Å². The fourth-order valence-corrected chi connectivity index (χ4v) is 8.04. The second kappa shape index (κ2) is 9.78. The maximum absolute atomic E-state index is 6.11. The van der Waals surface area contributed by atoms with Crippen molar-refractivity contribution in [3.63, 3.8) is 0 Å². The van der Waals surface area contributed by atoms with Gasteiger partial charge in [-0.1, -0.05) is 51.0 Å². The van der Waals surface area contributed by atoms with Crippen LogP contribution in [0, 0.1) is 40.4 Å². The van der Waals surface area contributed by atoms with Crippen LogP contribution < -0.4 is 0 Å². The highest BCUT2D eigenvalue weighted by Gasteiger charge is 2.59. The number of rotatable bonds is 11. The normalized spacial score (nSPS) is 39.4. The van der Waals surface area contributed by atoms with Crippen LogP contribution in [0.5, 0.6) is 0 Å². The van der Waals surface area contributed by atoms with E-state index in [1.807, 2.05) is 7.11 Å². The standard InChI is InChI=1S/C30H50O3/c1-21(12-13-22(2)28(3,4)33-20-31-6)25-14-15-26-23(10-8-16-29(25,26)5)18-27(32-7)30-17-9-11-24(30)19-30/h9,17-18,21-22,24-27H,8,10-16,19-20H2,1-7H3/b23-18+/t21-,22+,24-,25-,26+,27-,29-,30+/m1/s1. The van der Waals surface area contributed by atoms with E-state index >= 15 is 0 Å². The van der Waals surface area contributed by atoms with Crippen molar-refractivity contribution >= 4 is 0 Å². The highest BCUT2D eigenvalue weighted by Crippen LogP contribution is 2.64. The monoisotopic (exact) mass is 458 g/mol. The van der Waals surface area contributed by atoms with Gasteiger partial charge in [-0.3, -0.25) is 0 Å².